The van der Waals surface area contributed by atoms with Gasteiger partial charge in [0.15, 0.2) is 0 Å². The van der Waals surface area contributed by atoms with Crippen LogP contribution in [0.5, 0.6) is 0 Å². The number of nitrogens with zero attached hydrogens (tertiary/aromatic N) is 2. The fraction of sp³-hybridized carbons (Fsp3) is 0.696. The van der Waals surface area contributed by atoms with Gasteiger partial charge in [-0.2, -0.15) is 0 Å². The number of hydrogen-bond donors (Lipinski definition) is 1. The van der Waals surface area contributed by atoms with E-state index in [-0.39, 0.29) is 22.1 Å². The van der Waals surface area contributed by atoms with Crippen LogP contribution < -0.4 is 10.2 Å². The minimum Gasteiger partial charge on any atom is -0.378 e. The quantitative estimate of drug-likeness (QED) is 0.598. The van der Waals surface area contributed by atoms with Crippen molar-refractivity contribution < 1.29 is 14.5 Å². The summed E-state index contributed by atoms with van der Waals surface area (Å²) in [5.41, 5.74) is 1.37. The van der Waals surface area contributed by atoms with Crippen LogP contribution in [-0.4, -0.2) is 42.7 Å². The van der Waals surface area contributed by atoms with Crippen LogP contribution in [0.25, 0.3) is 0 Å². The molecule has 4 atom stereocenters. The Labute approximate surface area is 177 Å². The molecular weight excluding hydrogens is 382 g/mol. The highest BCUT2D eigenvalue weighted by Crippen LogP contribution is 2.66. The lowest BCUT2D eigenvalue weighted by Crippen LogP contribution is -2.65. The van der Waals surface area contributed by atoms with E-state index < -0.39 is 0 Å². The Balaban J connectivity index is 1.40. The van der Waals surface area contributed by atoms with Crippen LogP contribution in [0.1, 0.15) is 62.7 Å². The molecule has 0 aromatic heterocycles. The molecule has 4 saturated carbocycles. The van der Waals surface area contributed by atoms with Gasteiger partial charge in [-0.1, -0.05) is 13.8 Å². The van der Waals surface area contributed by atoms with E-state index in [2.05, 4.69) is 19.2 Å². The molecule has 2 unspecified atom stereocenters. The molecule has 1 aromatic carbocycles. The fourth-order valence-electron chi connectivity index (χ4n) is 7.78. The van der Waals surface area contributed by atoms with Gasteiger partial charge in [0.2, 0.25) is 0 Å². The summed E-state index contributed by atoms with van der Waals surface area (Å²) in [6, 6.07) is 4.90. The second-order valence-electron chi connectivity index (χ2n) is 10.9. The minimum absolute atomic E-state index is 0.00557. The van der Waals surface area contributed by atoms with Crippen molar-refractivity contribution in [2.45, 2.75) is 57.9 Å². The number of nitrogens with one attached hydrogen (secondary N) is 1. The molecule has 1 heterocycles. The Kier molecular flexibility index (Phi) is 4.40. The number of carbonyl (C=O) groups excluding carboxylic acids is 1. The Morgan fingerprint density at radius 1 is 1.13 bits per heavy atom. The molecule has 30 heavy (non-hydrogen) atoms. The number of nitro benzene ring substituents is 1. The molecule has 1 amide bonds. The molecule has 0 radical (unpaired) electrons. The molecule has 7 nitrogen and oxygen atoms in total. The van der Waals surface area contributed by atoms with E-state index in [0.29, 0.717) is 54.3 Å². The van der Waals surface area contributed by atoms with Gasteiger partial charge in [0.05, 0.1) is 18.1 Å². The number of rotatable bonds is 4. The van der Waals surface area contributed by atoms with Gasteiger partial charge in [-0.25, -0.2) is 0 Å². The van der Waals surface area contributed by atoms with Crippen molar-refractivity contribution in [3.05, 3.63) is 33.9 Å². The molecule has 1 saturated heterocycles. The van der Waals surface area contributed by atoms with Crippen LogP contribution in [0.15, 0.2) is 18.2 Å². The maximum absolute atomic E-state index is 13.2. The molecule has 1 aromatic rings. The normalized spacial score (nSPS) is 37.3. The molecule has 162 valence electrons. The third-order valence-electron chi connectivity index (χ3n) is 7.79. The molecule has 0 spiro atoms. The van der Waals surface area contributed by atoms with Crippen LogP contribution in [0, 0.1) is 26.9 Å². The Morgan fingerprint density at radius 2 is 1.80 bits per heavy atom. The van der Waals surface area contributed by atoms with E-state index in [9.17, 15) is 14.9 Å². The summed E-state index contributed by atoms with van der Waals surface area (Å²) in [6.45, 7) is 7.10. The van der Waals surface area contributed by atoms with Gasteiger partial charge in [0.25, 0.3) is 11.6 Å². The average molecular weight is 414 g/mol. The maximum atomic E-state index is 13.2. The van der Waals surface area contributed by atoms with E-state index in [1.165, 1.54) is 25.3 Å². The van der Waals surface area contributed by atoms with Gasteiger partial charge in [-0.3, -0.25) is 14.9 Å². The highest BCUT2D eigenvalue weighted by molar-refractivity contribution is 5.96. The summed E-state index contributed by atoms with van der Waals surface area (Å²) < 4.78 is 5.36. The lowest BCUT2D eigenvalue weighted by Gasteiger charge is -2.65. The first-order chi connectivity index (χ1) is 14.2. The molecule has 7 heteroatoms. The molecule has 1 N–H and O–H groups in total. The molecule has 6 rings (SSSR count). The summed E-state index contributed by atoms with van der Waals surface area (Å²) in [5, 5.41) is 15.1. The Hall–Kier alpha value is -2.15. The summed E-state index contributed by atoms with van der Waals surface area (Å²) in [4.78, 5) is 26.6. The van der Waals surface area contributed by atoms with Gasteiger partial charge >= 0.3 is 0 Å². The minimum atomic E-state index is -0.381. The molecule has 5 aliphatic rings. The predicted molar refractivity (Wildman–Crippen MR) is 114 cm³/mol. The number of carbonyl (C=O) groups is 1. The predicted octanol–water partition coefficient (Wildman–Crippen LogP) is 3.91. The van der Waals surface area contributed by atoms with Crippen LogP contribution in [0.2, 0.25) is 0 Å². The van der Waals surface area contributed by atoms with E-state index >= 15 is 0 Å². The third-order valence-corrected chi connectivity index (χ3v) is 7.79. The van der Waals surface area contributed by atoms with E-state index in [1.54, 1.807) is 12.1 Å². The Morgan fingerprint density at radius 3 is 2.40 bits per heavy atom. The van der Waals surface area contributed by atoms with Gasteiger partial charge < -0.3 is 15.0 Å². The van der Waals surface area contributed by atoms with Crippen LogP contribution >= 0.6 is 0 Å². The Bertz CT molecular complexity index is 876. The van der Waals surface area contributed by atoms with Crippen molar-refractivity contribution in [3.63, 3.8) is 0 Å². The van der Waals surface area contributed by atoms with Gasteiger partial charge in [-0.05, 0) is 67.4 Å². The topological polar surface area (TPSA) is 84.7 Å². The second-order valence-corrected chi connectivity index (χ2v) is 10.9. The van der Waals surface area contributed by atoms with Gasteiger partial charge in [0.1, 0.15) is 5.69 Å². The van der Waals surface area contributed by atoms with Crippen molar-refractivity contribution in [2.24, 2.45) is 16.7 Å². The average Bonchev–Trinajstić information content (AvgIpc) is 2.65. The van der Waals surface area contributed by atoms with E-state index in [1.807, 2.05) is 4.90 Å². The van der Waals surface area contributed by atoms with Crippen molar-refractivity contribution in [1.29, 1.82) is 0 Å². The molecule has 1 aliphatic heterocycles. The fourth-order valence-corrected chi connectivity index (χ4v) is 7.78. The lowest BCUT2D eigenvalue weighted by molar-refractivity contribution is -0.384. The van der Waals surface area contributed by atoms with E-state index in [0.717, 1.165) is 19.3 Å². The second kappa shape index (κ2) is 6.67. The number of anilines is 1. The van der Waals surface area contributed by atoms with E-state index in [4.69, 9.17) is 4.74 Å². The highest BCUT2D eigenvalue weighted by Gasteiger charge is 2.60. The molecule has 4 bridgehead atoms. The van der Waals surface area contributed by atoms with Crippen LogP contribution in [0.3, 0.4) is 0 Å². The van der Waals surface area contributed by atoms with Crippen LogP contribution in [-0.2, 0) is 4.74 Å². The zero-order chi connectivity index (χ0) is 21.1. The number of amides is 1. The van der Waals surface area contributed by atoms with Crippen molar-refractivity contribution in [3.8, 4) is 0 Å². The smallest absolute Gasteiger partial charge is 0.293 e. The number of morpholine rings is 1. The number of ether oxygens (including phenoxy) is 1. The van der Waals surface area contributed by atoms with Crippen molar-refractivity contribution >= 4 is 17.3 Å². The molecular formula is C23H31N3O4. The zero-order valence-corrected chi connectivity index (χ0v) is 17.9. The number of benzene rings is 1. The number of hydrogen-bond acceptors (Lipinski definition) is 5. The third kappa shape index (κ3) is 3.37. The van der Waals surface area contributed by atoms with Gasteiger partial charge in [-0.15, -0.1) is 0 Å². The maximum Gasteiger partial charge on any atom is 0.293 e. The monoisotopic (exact) mass is 413 g/mol. The van der Waals surface area contributed by atoms with Gasteiger partial charge in [0, 0.05) is 30.3 Å². The lowest BCUT2D eigenvalue weighted by atomic mass is 9.43. The molecule has 5 fully saturated rings. The highest BCUT2D eigenvalue weighted by atomic mass is 16.6. The van der Waals surface area contributed by atoms with Crippen molar-refractivity contribution in [1.82, 2.24) is 5.32 Å². The summed E-state index contributed by atoms with van der Waals surface area (Å²) in [5.74, 6) is 0.496. The summed E-state index contributed by atoms with van der Waals surface area (Å²) >= 11 is 0. The first-order valence-corrected chi connectivity index (χ1v) is 11.1. The standard InChI is InChI=1S/C23H31N3O4/c1-21-10-16-11-22(2,13-21)15-23(12-16,14-21)24-20(27)17-3-4-18(19(9-17)26(28)29)25-5-7-30-8-6-25/h3-4,9,16H,5-8,10-15H2,1-2H3,(H,24,27)/t16?,21-,22+,23?. The first kappa shape index (κ1) is 19.8. The van der Waals surface area contributed by atoms with Crippen LogP contribution in [0.4, 0.5) is 11.4 Å². The molecule has 4 aliphatic carbocycles. The SMILES string of the molecule is C[C@]12CC3CC(NC(=O)c4ccc(N5CCOCC5)c([N+](=O)[O-])c4)(C1)C[C@@](C)(C3)C2. The zero-order valence-electron chi connectivity index (χ0n) is 17.9. The van der Waals surface area contributed by atoms with Crippen molar-refractivity contribution in [2.75, 3.05) is 31.2 Å². The first-order valence-electron chi connectivity index (χ1n) is 11.1. The largest absolute Gasteiger partial charge is 0.378 e. The summed E-state index contributed by atoms with van der Waals surface area (Å²) in [6.07, 6.45) is 6.85. The summed E-state index contributed by atoms with van der Waals surface area (Å²) in [7, 11) is 0. The number of nitro groups is 1.